The Bertz CT molecular complexity index is 1250. The first-order valence-electron chi connectivity index (χ1n) is 11.1. The first kappa shape index (κ1) is 21.1. The normalized spacial score (nSPS) is 13.1. The molecule has 1 saturated carbocycles. The number of aromatic nitrogens is 1. The van der Waals surface area contributed by atoms with E-state index in [1.54, 1.807) is 12.1 Å². The quantitative estimate of drug-likeness (QED) is 0.373. The molecule has 1 fully saturated rings. The standard InChI is InChI=1S/C27H25FN2O3/c28-18-33-25-11-6-19(7-12-25)16-30-23(17-32-24-4-2-1-3-5-24)15-21-14-20(8-13-26(21)30)27(31)29-22-9-10-22/h1-8,11-15,22H,9-10,16-18H2,(H,29,31). The van der Waals surface area contributed by atoms with Gasteiger partial charge in [-0.1, -0.05) is 30.3 Å². The van der Waals surface area contributed by atoms with Gasteiger partial charge in [-0.2, -0.15) is 0 Å². The molecule has 6 heteroatoms. The Morgan fingerprint density at radius 1 is 0.939 bits per heavy atom. The van der Waals surface area contributed by atoms with Crippen LogP contribution in [0.25, 0.3) is 10.9 Å². The Balaban J connectivity index is 1.45. The van der Waals surface area contributed by atoms with Crippen molar-refractivity contribution in [1.29, 1.82) is 0 Å². The van der Waals surface area contributed by atoms with Crippen molar-refractivity contribution in [3.63, 3.8) is 0 Å². The number of para-hydroxylation sites is 1. The van der Waals surface area contributed by atoms with Crippen LogP contribution in [0.2, 0.25) is 0 Å². The van der Waals surface area contributed by atoms with E-state index in [1.165, 1.54) is 0 Å². The summed E-state index contributed by atoms with van der Waals surface area (Å²) >= 11 is 0. The fourth-order valence-corrected chi connectivity index (χ4v) is 3.88. The lowest BCUT2D eigenvalue weighted by atomic mass is 10.1. The molecule has 0 bridgehead atoms. The van der Waals surface area contributed by atoms with Crippen molar-refractivity contribution in [3.05, 3.63) is 95.7 Å². The van der Waals surface area contributed by atoms with Crippen LogP contribution >= 0.6 is 0 Å². The maximum absolute atomic E-state index is 12.5. The van der Waals surface area contributed by atoms with Crippen LogP contribution in [0, 0.1) is 0 Å². The number of alkyl halides is 1. The molecule has 0 radical (unpaired) electrons. The van der Waals surface area contributed by atoms with E-state index in [0.29, 0.717) is 30.5 Å². The number of hydrogen-bond donors (Lipinski definition) is 1. The summed E-state index contributed by atoms with van der Waals surface area (Å²) in [5.74, 6) is 1.27. The molecule has 168 valence electrons. The number of carbonyl (C=O) groups is 1. The van der Waals surface area contributed by atoms with E-state index in [2.05, 4.69) is 16.0 Å². The third kappa shape index (κ3) is 5.00. The second-order valence-electron chi connectivity index (χ2n) is 8.24. The first-order valence-corrected chi connectivity index (χ1v) is 11.1. The predicted molar refractivity (Wildman–Crippen MR) is 125 cm³/mol. The molecule has 33 heavy (non-hydrogen) atoms. The molecule has 0 saturated heterocycles. The van der Waals surface area contributed by atoms with Crippen LogP contribution in [0.4, 0.5) is 4.39 Å². The summed E-state index contributed by atoms with van der Waals surface area (Å²) < 4.78 is 25.6. The highest BCUT2D eigenvalue weighted by Gasteiger charge is 2.24. The van der Waals surface area contributed by atoms with E-state index < -0.39 is 6.86 Å². The summed E-state index contributed by atoms with van der Waals surface area (Å²) in [5, 5.41) is 4.04. The molecule has 3 aromatic carbocycles. The summed E-state index contributed by atoms with van der Waals surface area (Å²) in [6, 6.07) is 25.3. The molecule has 1 aliphatic carbocycles. The van der Waals surface area contributed by atoms with Gasteiger partial charge in [0.1, 0.15) is 18.1 Å². The van der Waals surface area contributed by atoms with E-state index in [9.17, 15) is 9.18 Å². The zero-order chi connectivity index (χ0) is 22.6. The molecular weight excluding hydrogens is 419 g/mol. The van der Waals surface area contributed by atoms with Gasteiger partial charge in [-0.05, 0) is 66.9 Å². The summed E-state index contributed by atoms with van der Waals surface area (Å²) in [7, 11) is 0. The second-order valence-corrected chi connectivity index (χ2v) is 8.24. The van der Waals surface area contributed by atoms with Gasteiger partial charge in [0.25, 0.3) is 5.91 Å². The van der Waals surface area contributed by atoms with E-state index in [1.807, 2.05) is 60.7 Å². The number of fused-ring (bicyclic) bond motifs is 1. The topological polar surface area (TPSA) is 52.5 Å². The Hall–Kier alpha value is -3.80. The minimum absolute atomic E-state index is 0.0299. The molecule has 0 spiro atoms. The first-order chi connectivity index (χ1) is 16.2. The van der Waals surface area contributed by atoms with Gasteiger partial charge in [0, 0.05) is 29.1 Å². The van der Waals surface area contributed by atoms with Crippen LogP contribution in [-0.4, -0.2) is 23.4 Å². The lowest BCUT2D eigenvalue weighted by molar-refractivity contribution is 0.0951. The van der Waals surface area contributed by atoms with Gasteiger partial charge in [0.15, 0.2) is 0 Å². The van der Waals surface area contributed by atoms with Gasteiger partial charge in [-0.25, -0.2) is 4.39 Å². The number of amides is 1. The van der Waals surface area contributed by atoms with Crippen LogP contribution < -0.4 is 14.8 Å². The number of ether oxygens (including phenoxy) is 2. The molecule has 1 aromatic heterocycles. The number of nitrogens with zero attached hydrogens (tertiary/aromatic N) is 1. The van der Waals surface area contributed by atoms with Crippen LogP contribution in [0.1, 0.15) is 34.5 Å². The Kier molecular flexibility index (Phi) is 5.98. The molecule has 1 amide bonds. The highest BCUT2D eigenvalue weighted by molar-refractivity contribution is 5.98. The Labute approximate surface area is 191 Å². The molecular formula is C27H25FN2O3. The minimum atomic E-state index is -0.848. The molecule has 0 atom stereocenters. The van der Waals surface area contributed by atoms with E-state index in [-0.39, 0.29) is 5.91 Å². The van der Waals surface area contributed by atoms with E-state index in [4.69, 9.17) is 9.47 Å². The van der Waals surface area contributed by atoms with Crippen molar-refractivity contribution in [2.24, 2.45) is 0 Å². The number of hydrogen-bond acceptors (Lipinski definition) is 3. The van der Waals surface area contributed by atoms with E-state index >= 15 is 0 Å². The zero-order valence-corrected chi connectivity index (χ0v) is 18.2. The maximum atomic E-state index is 12.5. The average molecular weight is 445 g/mol. The SMILES string of the molecule is O=C(NC1CC1)c1ccc2c(c1)cc(COc1ccccc1)n2Cc1ccc(OCF)cc1. The highest BCUT2D eigenvalue weighted by Crippen LogP contribution is 2.26. The lowest BCUT2D eigenvalue weighted by Crippen LogP contribution is -2.25. The number of nitrogens with one attached hydrogen (secondary N) is 1. The third-order valence-electron chi connectivity index (χ3n) is 5.78. The van der Waals surface area contributed by atoms with Gasteiger partial charge < -0.3 is 19.4 Å². The van der Waals surface area contributed by atoms with Crippen molar-refractivity contribution >= 4 is 16.8 Å². The van der Waals surface area contributed by atoms with Gasteiger partial charge in [-0.15, -0.1) is 0 Å². The van der Waals surface area contributed by atoms with Crippen molar-refractivity contribution in [3.8, 4) is 11.5 Å². The number of carbonyl (C=O) groups excluding carboxylic acids is 1. The van der Waals surface area contributed by atoms with Crippen LogP contribution in [0.3, 0.4) is 0 Å². The molecule has 5 rings (SSSR count). The summed E-state index contributed by atoms with van der Waals surface area (Å²) in [6.07, 6.45) is 2.11. The summed E-state index contributed by atoms with van der Waals surface area (Å²) in [5.41, 5.74) is 3.73. The predicted octanol–water partition coefficient (Wildman–Crippen LogP) is 5.47. The Morgan fingerprint density at radius 2 is 1.70 bits per heavy atom. The van der Waals surface area contributed by atoms with E-state index in [0.717, 1.165) is 40.8 Å². The monoisotopic (exact) mass is 444 g/mol. The highest BCUT2D eigenvalue weighted by atomic mass is 19.1. The van der Waals surface area contributed by atoms with Crippen molar-refractivity contribution in [1.82, 2.24) is 9.88 Å². The van der Waals surface area contributed by atoms with Gasteiger partial charge >= 0.3 is 0 Å². The van der Waals surface area contributed by atoms with Crippen LogP contribution in [-0.2, 0) is 13.2 Å². The Morgan fingerprint density at radius 3 is 2.42 bits per heavy atom. The zero-order valence-electron chi connectivity index (χ0n) is 18.2. The fraction of sp³-hybridized carbons (Fsp3) is 0.222. The minimum Gasteiger partial charge on any atom is -0.487 e. The fourth-order valence-electron chi connectivity index (χ4n) is 3.88. The van der Waals surface area contributed by atoms with Crippen LogP contribution in [0.15, 0.2) is 78.9 Å². The van der Waals surface area contributed by atoms with Crippen molar-refractivity contribution < 1.29 is 18.7 Å². The lowest BCUT2D eigenvalue weighted by Gasteiger charge is -2.13. The third-order valence-corrected chi connectivity index (χ3v) is 5.78. The molecule has 0 unspecified atom stereocenters. The van der Waals surface area contributed by atoms with Gasteiger partial charge in [-0.3, -0.25) is 4.79 Å². The van der Waals surface area contributed by atoms with Crippen LogP contribution in [0.5, 0.6) is 11.5 Å². The van der Waals surface area contributed by atoms with Crippen molar-refractivity contribution in [2.75, 3.05) is 6.86 Å². The van der Waals surface area contributed by atoms with Gasteiger partial charge in [0.2, 0.25) is 6.86 Å². The molecule has 0 aliphatic heterocycles. The molecule has 4 aromatic rings. The summed E-state index contributed by atoms with van der Waals surface area (Å²) in [6.45, 7) is 0.158. The summed E-state index contributed by atoms with van der Waals surface area (Å²) in [4.78, 5) is 12.5. The molecule has 1 aliphatic rings. The average Bonchev–Trinajstić information content (AvgIpc) is 3.60. The smallest absolute Gasteiger partial charge is 0.251 e. The number of rotatable bonds is 9. The largest absolute Gasteiger partial charge is 0.487 e. The van der Waals surface area contributed by atoms with Crippen molar-refractivity contribution in [2.45, 2.75) is 32.0 Å². The molecule has 1 heterocycles. The number of halogens is 1. The number of benzene rings is 3. The second kappa shape index (κ2) is 9.36. The van der Waals surface area contributed by atoms with Gasteiger partial charge in [0.05, 0.1) is 5.69 Å². The molecule has 5 nitrogen and oxygen atoms in total. The molecule has 1 N–H and O–H groups in total. The maximum Gasteiger partial charge on any atom is 0.251 e.